The quantitative estimate of drug-likeness (QED) is 0.747. The zero-order chi connectivity index (χ0) is 13.0. The third-order valence-corrected chi connectivity index (χ3v) is 3.75. The summed E-state index contributed by atoms with van der Waals surface area (Å²) in [7, 11) is 0. The van der Waals surface area contributed by atoms with E-state index in [1.807, 2.05) is 0 Å². The molecule has 3 N–H and O–H groups in total. The van der Waals surface area contributed by atoms with E-state index in [1.165, 1.54) is 31.7 Å². The maximum Gasteiger partial charge on any atom is 0.141 e. The molecule has 0 aliphatic heterocycles. The van der Waals surface area contributed by atoms with Crippen LogP contribution in [0.15, 0.2) is 18.2 Å². The molecule has 4 heteroatoms. The summed E-state index contributed by atoms with van der Waals surface area (Å²) in [6.45, 7) is 1.44. The molecule has 0 spiro atoms. The number of hydrogen-bond donors (Lipinski definition) is 2. The smallest absolute Gasteiger partial charge is 0.141 e. The van der Waals surface area contributed by atoms with Crippen LogP contribution >= 0.6 is 11.6 Å². The number of nitrogens with two attached hydrogens (primary N) is 1. The molecule has 1 atom stereocenters. The van der Waals surface area contributed by atoms with Crippen LogP contribution in [0.3, 0.4) is 0 Å². The first-order valence-electron chi connectivity index (χ1n) is 6.59. The molecule has 100 valence electrons. The minimum absolute atomic E-state index is 0.0577. The summed E-state index contributed by atoms with van der Waals surface area (Å²) in [6.07, 6.45) is 5.27. The van der Waals surface area contributed by atoms with Crippen LogP contribution < -0.4 is 11.1 Å². The lowest BCUT2D eigenvalue weighted by Crippen LogP contribution is -2.29. The highest BCUT2D eigenvalue weighted by atomic mass is 35.5. The van der Waals surface area contributed by atoms with Crippen LogP contribution in [-0.2, 0) is 0 Å². The molecule has 1 aliphatic rings. The second-order valence-corrected chi connectivity index (χ2v) is 5.41. The lowest BCUT2D eigenvalue weighted by Gasteiger charge is -2.17. The van der Waals surface area contributed by atoms with Crippen molar-refractivity contribution in [2.75, 3.05) is 13.1 Å². The fourth-order valence-corrected chi connectivity index (χ4v) is 2.33. The van der Waals surface area contributed by atoms with Crippen LogP contribution in [-0.4, -0.2) is 13.1 Å². The Morgan fingerprint density at radius 1 is 1.44 bits per heavy atom. The number of rotatable bonds is 7. The number of hydrogen-bond acceptors (Lipinski definition) is 2. The van der Waals surface area contributed by atoms with E-state index in [-0.39, 0.29) is 16.9 Å². The van der Waals surface area contributed by atoms with Crippen LogP contribution in [0.25, 0.3) is 0 Å². The summed E-state index contributed by atoms with van der Waals surface area (Å²) >= 11 is 5.78. The summed E-state index contributed by atoms with van der Waals surface area (Å²) in [5.74, 6) is 0.577. The second kappa shape index (κ2) is 6.50. The predicted octanol–water partition coefficient (Wildman–Crippen LogP) is 3.26. The molecule has 1 unspecified atom stereocenters. The third-order valence-electron chi connectivity index (χ3n) is 3.46. The molecule has 0 amide bonds. The van der Waals surface area contributed by atoms with Crippen molar-refractivity contribution in [3.8, 4) is 0 Å². The second-order valence-electron chi connectivity index (χ2n) is 5.00. The molecular formula is C14H20ClFN2. The van der Waals surface area contributed by atoms with Gasteiger partial charge in [0, 0.05) is 12.6 Å². The van der Waals surface area contributed by atoms with Gasteiger partial charge in [-0.15, -0.1) is 0 Å². The van der Waals surface area contributed by atoms with E-state index in [4.69, 9.17) is 17.3 Å². The first kappa shape index (κ1) is 13.8. The molecular weight excluding hydrogens is 251 g/mol. The van der Waals surface area contributed by atoms with Gasteiger partial charge in [0.05, 0.1) is 5.02 Å². The van der Waals surface area contributed by atoms with Gasteiger partial charge in [-0.2, -0.15) is 0 Å². The summed E-state index contributed by atoms with van der Waals surface area (Å²) in [5, 5.41) is 3.57. The molecule has 2 rings (SSSR count). The monoisotopic (exact) mass is 270 g/mol. The first-order valence-corrected chi connectivity index (χ1v) is 6.97. The van der Waals surface area contributed by atoms with E-state index in [2.05, 4.69) is 5.32 Å². The molecule has 1 aromatic carbocycles. The molecule has 1 aliphatic carbocycles. The summed E-state index contributed by atoms with van der Waals surface area (Å²) < 4.78 is 13.1. The Bertz CT molecular complexity index is 393. The molecule has 0 radical (unpaired) electrons. The van der Waals surface area contributed by atoms with Gasteiger partial charge >= 0.3 is 0 Å². The zero-order valence-electron chi connectivity index (χ0n) is 10.5. The van der Waals surface area contributed by atoms with E-state index in [0.29, 0.717) is 6.54 Å². The predicted molar refractivity (Wildman–Crippen MR) is 73.2 cm³/mol. The van der Waals surface area contributed by atoms with Crippen LogP contribution in [0.1, 0.15) is 37.3 Å². The van der Waals surface area contributed by atoms with Crippen molar-refractivity contribution in [3.05, 3.63) is 34.6 Å². The van der Waals surface area contributed by atoms with Gasteiger partial charge in [-0.3, -0.25) is 0 Å². The van der Waals surface area contributed by atoms with Crippen molar-refractivity contribution < 1.29 is 4.39 Å². The molecule has 1 saturated carbocycles. The average Bonchev–Trinajstić information content (AvgIpc) is 3.17. The molecule has 0 saturated heterocycles. The molecule has 0 heterocycles. The first-order chi connectivity index (χ1) is 8.70. The minimum atomic E-state index is -0.384. The van der Waals surface area contributed by atoms with Crippen molar-refractivity contribution in [2.45, 2.75) is 31.7 Å². The average molecular weight is 271 g/mol. The van der Waals surface area contributed by atoms with E-state index in [9.17, 15) is 4.39 Å². The fraction of sp³-hybridized carbons (Fsp3) is 0.571. The Hall–Kier alpha value is -0.640. The Kier molecular flexibility index (Phi) is 4.98. The van der Waals surface area contributed by atoms with Gasteiger partial charge in [-0.1, -0.05) is 30.5 Å². The Morgan fingerprint density at radius 3 is 2.83 bits per heavy atom. The maximum atomic E-state index is 13.1. The largest absolute Gasteiger partial charge is 0.329 e. The highest BCUT2D eigenvalue weighted by Gasteiger charge is 2.20. The Balaban J connectivity index is 1.83. The Labute approximate surface area is 113 Å². The van der Waals surface area contributed by atoms with Crippen molar-refractivity contribution in [2.24, 2.45) is 11.7 Å². The number of halogens is 2. The fourth-order valence-electron chi connectivity index (χ4n) is 2.14. The van der Waals surface area contributed by atoms with Gasteiger partial charge in [-0.05, 0) is 43.0 Å². The van der Waals surface area contributed by atoms with E-state index < -0.39 is 0 Å². The molecule has 1 fully saturated rings. The van der Waals surface area contributed by atoms with Crippen LogP contribution in [0.4, 0.5) is 4.39 Å². The number of nitrogens with one attached hydrogen (secondary N) is 1. The lowest BCUT2D eigenvalue weighted by molar-refractivity contribution is 0.511. The highest BCUT2D eigenvalue weighted by Crippen LogP contribution is 2.33. The van der Waals surface area contributed by atoms with Crippen molar-refractivity contribution in [3.63, 3.8) is 0 Å². The molecule has 0 aromatic heterocycles. The van der Waals surface area contributed by atoms with E-state index in [0.717, 1.165) is 18.0 Å². The molecule has 0 bridgehead atoms. The topological polar surface area (TPSA) is 38.0 Å². The lowest BCUT2D eigenvalue weighted by atomic mass is 10.1. The highest BCUT2D eigenvalue weighted by molar-refractivity contribution is 6.30. The molecule has 18 heavy (non-hydrogen) atoms. The van der Waals surface area contributed by atoms with Crippen molar-refractivity contribution in [1.29, 1.82) is 0 Å². The Morgan fingerprint density at radius 2 is 2.22 bits per heavy atom. The van der Waals surface area contributed by atoms with Gasteiger partial charge in [0.1, 0.15) is 5.82 Å². The van der Waals surface area contributed by atoms with Gasteiger partial charge in [0.15, 0.2) is 0 Å². The molecule has 1 aromatic rings. The van der Waals surface area contributed by atoms with Crippen molar-refractivity contribution >= 4 is 11.6 Å². The van der Waals surface area contributed by atoms with Gasteiger partial charge in [-0.25, -0.2) is 4.39 Å². The summed E-state index contributed by atoms with van der Waals surface area (Å²) in [4.78, 5) is 0. The van der Waals surface area contributed by atoms with Gasteiger partial charge in [0.2, 0.25) is 0 Å². The molecule has 2 nitrogen and oxygen atoms in total. The van der Waals surface area contributed by atoms with Gasteiger partial charge < -0.3 is 11.1 Å². The van der Waals surface area contributed by atoms with Crippen LogP contribution in [0.2, 0.25) is 5.02 Å². The number of benzene rings is 1. The van der Waals surface area contributed by atoms with E-state index >= 15 is 0 Å². The van der Waals surface area contributed by atoms with Gasteiger partial charge in [0.25, 0.3) is 0 Å². The summed E-state index contributed by atoms with van der Waals surface area (Å²) in [6, 6.07) is 4.85. The normalized spacial score (nSPS) is 16.8. The SMILES string of the molecule is NCC(NCCCC1CC1)c1ccc(F)c(Cl)c1. The zero-order valence-corrected chi connectivity index (χ0v) is 11.2. The van der Waals surface area contributed by atoms with E-state index in [1.54, 1.807) is 12.1 Å². The standard InChI is InChI=1S/C14H20ClFN2/c15-12-8-11(5-6-13(12)16)14(9-17)18-7-1-2-10-3-4-10/h5-6,8,10,14,18H,1-4,7,9,17H2. The van der Waals surface area contributed by atoms with Crippen molar-refractivity contribution in [1.82, 2.24) is 5.32 Å². The minimum Gasteiger partial charge on any atom is -0.329 e. The maximum absolute atomic E-state index is 13.1. The van der Waals surface area contributed by atoms with Crippen LogP contribution in [0, 0.1) is 11.7 Å². The third kappa shape index (κ3) is 3.94. The summed E-state index contributed by atoms with van der Waals surface area (Å²) in [5.41, 5.74) is 6.70. The van der Waals surface area contributed by atoms with Crippen LogP contribution in [0.5, 0.6) is 0 Å².